The van der Waals surface area contributed by atoms with Gasteiger partial charge in [0.2, 0.25) is 15.9 Å². The number of carbonyl (C=O) groups is 1. The number of rotatable bonds is 5. The highest BCUT2D eigenvalue weighted by atomic mass is 32.2. The van der Waals surface area contributed by atoms with Crippen LogP contribution in [0.3, 0.4) is 0 Å². The second-order valence-corrected chi connectivity index (χ2v) is 9.88. The Labute approximate surface area is 183 Å². The second-order valence-electron chi connectivity index (χ2n) is 7.95. The van der Waals surface area contributed by atoms with Gasteiger partial charge in [-0.15, -0.1) is 0 Å². The first-order chi connectivity index (χ1) is 14.9. The molecule has 2 N–H and O–H groups in total. The van der Waals surface area contributed by atoms with Gasteiger partial charge in [-0.1, -0.05) is 29.8 Å². The third kappa shape index (κ3) is 4.59. The maximum absolute atomic E-state index is 13.0. The lowest BCUT2D eigenvalue weighted by atomic mass is 10.0. The van der Waals surface area contributed by atoms with Crippen LogP contribution in [-0.4, -0.2) is 62.9 Å². The fraction of sp³-hybridized carbons (Fsp3) is 0.409. The van der Waals surface area contributed by atoms with Gasteiger partial charge in [-0.25, -0.2) is 19.3 Å². The van der Waals surface area contributed by atoms with E-state index in [4.69, 9.17) is 4.74 Å². The molecule has 2 aliphatic rings. The zero-order valence-electron chi connectivity index (χ0n) is 17.7. The van der Waals surface area contributed by atoms with E-state index in [1.54, 1.807) is 36.3 Å². The SMILES string of the molecule is COc1ccc(C2CC(C(=O)N3CCN(S(=O)(=O)c4ccc(C)cc4)CC3)NN2)cc1. The largest absolute Gasteiger partial charge is 0.497 e. The standard InChI is InChI=1S/C22H28N4O4S/c1-16-3-9-19(10-4-16)31(28,29)26-13-11-25(12-14-26)22(27)21-15-20(23-24-21)17-5-7-18(30-2)8-6-17/h3-10,20-21,23-24H,11-15H2,1-2H3. The predicted octanol–water partition coefficient (Wildman–Crippen LogP) is 1.44. The summed E-state index contributed by atoms with van der Waals surface area (Å²) >= 11 is 0. The number of hydrogen-bond donors (Lipinski definition) is 2. The summed E-state index contributed by atoms with van der Waals surface area (Å²) in [5.41, 5.74) is 8.39. The molecule has 2 heterocycles. The first-order valence-corrected chi connectivity index (χ1v) is 11.8. The quantitative estimate of drug-likeness (QED) is 0.725. The van der Waals surface area contributed by atoms with E-state index in [0.717, 1.165) is 16.9 Å². The molecule has 4 rings (SSSR count). The molecule has 0 bridgehead atoms. The molecule has 1 amide bonds. The molecule has 2 unspecified atom stereocenters. The number of amides is 1. The van der Waals surface area contributed by atoms with Gasteiger partial charge in [0.05, 0.1) is 12.0 Å². The zero-order chi connectivity index (χ0) is 22.0. The van der Waals surface area contributed by atoms with Crippen molar-refractivity contribution in [2.24, 2.45) is 0 Å². The Bertz CT molecular complexity index is 1020. The number of piperazine rings is 1. The summed E-state index contributed by atoms with van der Waals surface area (Å²) in [7, 11) is -1.91. The van der Waals surface area contributed by atoms with Gasteiger partial charge >= 0.3 is 0 Å². The van der Waals surface area contributed by atoms with Gasteiger partial charge in [-0.2, -0.15) is 4.31 Å². The molecule has 9 heteroatoms. The molecule has 0 radical (unpaired) electrons. The van der Waals surface area contributed by atoms with E-state index in [2.05, 4.69) is 10.9 Å². The summed E-state index contributed by atoms with van der Waals surface area (Å²) in [6.07, 6.45) is 0.632. The number of aryl methyl sites for hydroxylation is 1. The highest BCUT2D eigenvalue weighted by molar-refractivity contribution is 7.89. The minimum absolute atomic E-state index is 0.00380. The molecule has 0 saturated carbocycles. The molecule has 8 nitrogen and oxygen atoms in total. The molecule has 2 aromatic carbocycles. The predicted molar refractivity (Wildman–Crippen MR) is 117 cm³/mol. The topological polar surface area (TPSA) is 91.0 Å². The lowest BCUT2D eigenvalue weighted by Crippen LogP contribution is -2.54. The van der Waals surface area contributed by atoms with E-state index < -0.39 is 10.0 Å². The highest BCUT2D eigenvalue weighted by Crippen LogP contribution is 2.25. The monoisotopic (exact) mass is 444 g/mol. The average molecular weight is 445 g/mol. The highest BCUT2D eigenvalue weighted by Gasteiger charge is 2.36. The minimum Gasteiger partial charge on any atom is -0.497 e. The Morgan fingerprint density at radius 3 is 2.23 bits per heavy atom. The molecule has 31 heavy (non-hydrogen) atoms. The molecular formula is C22H28N4O4S. The summed E-state index contributed by atoms with van der Waals surface area (Å²) in [6.45, 7) is 3.28. The molecule has 2 fully saturated rings. The molecule has 0 aliphatic carbocycles. The number of carbonyl (C=O) groups excluding carboxylic acids is 1. The van der Waals surface area contributed by atoms with Crippen LogP contribution in [0.2, 0.25) is 0 Å². The molecule has 0 aromatic heterocycles. The lowest BCUT2D eigenvalue weighted by molar-refractivity contribution is -0.134. The van der Waals surface area contributed by atoms with Gasteiger partial charge in [0.25, 0.3) is 0 Å². The fourth-order valence-electron chi connectivity index (χ4n) is 4.00. The molecule has 2 saturated heterocycles. The number of hydrazine groups is 1. The van der Waals surface area contributed by atoms with E-state index in [1.807, 2.05) is 31.2 Å². The lowest BCUT2D eigenvalue weighted by Gasteiger charge is -2.35. The van der Waals surface area contributed by atoms with E-state index in [-0.39, 0.29) is 18.0 Å². The fourth-order valence-corrected chi connectivity index (χ4v) is 5.42. The number of nitrogens with one attached hydrogen (secondary N) is 2. The van der Waals surface area contributed by atoms with Crippen molar-refractivity contribution in [1.82, 2.24) is 20.1 Å². The van der Waals surface area contributed by atoms with E-state index in [0.29, 0.717) is 37.5 Å². The molecule has 2 atom stereocenters. The Morgan fingerprint density at radius 1 is 0.968 bits per heavy atom. The second kappa shape index (κ2) is 8.96. The Hall–Kier alpha value is -2.46. The molecular weight excluding hydrogens is 416 g/mol. The van der Waals surface area contributed by atoms with Crippen LogP contribution in [0.1, 0.15) is 23.6 Å². The van der Waals surface area contributed by atoms with Gasteiger partial charge in [0, 0.05) is 32.2 Å². The maximum atomic E-state index is 13.0. The van der Waals surface area contributed by atoms with Crippen LogP contribution in [0.15, 0.2) is 53.4 Å². The van der Waals surface area contributed by atoms with Gasteiger partial charge in [-0.05, 0) is 43.2 Å². The minimum atomic E-state index is -3.54. The number of ether oxygens (including phenoxy) is 1. The van der Waals surface area contributed by atoms with Crippen LogP contribution in [0, 0.1) is 6.92 Å². The van der Waals surface area contributed by atoms with Gasteiger partial charge in [0.1, 0.15) is 11.8 Å². The molecule has 0 spiro atoms. The van der Waals surface area contributed by atoms with Crippen LogP contribution in [0.4, 0.5) is 0 Å². The molecule has 2 aliphatic heterocycles. The van der Waals surface area contributed by atoms with Gasteiger partial charge in [0.15, 0.2) is 0 Å². The van der Waals surface area contributed by atoms with Crippen molar-refractivity contribution >= 4 is 15.9 Å². The number of methoxy groups -OCH3 is 1. The summed E-state index contributed by atoms with van der Waals surface area (Å²) in [6, 6.07) is 14.3. The van der Waals surface area contributed by atoms with Crippen molar-refractivity contribution < 1.29 is 17.9 Å². The summed E-state index contributed by atoms with van der Waals surface area (Å²) in [5.74, 6) is 0.789. The van der Waals surface area contributed by atoms with E-state index >= 15 is 0 Å². The zero-order valence-corrected chi connectivity index (χ0v) is 18.6. The first kappa shape index (κ1) is 21.8. The third-order valence-corrected chi connectivity index (χ3v) is 7.84. The summed E-state index contributed by atoms with van der Waals surface area (Å²) < 4.78 is 32.4. The van der Waals surface area contributed by atoms with E-state index in [9.17, 15) is 13.2 Å². The van der Waals surface area contributed by atoms with Crippen molar-refractivity contribution in [2.75, 3.05) is 33.3 Å². The average Bonchev–Trinajstić information content (AvgIpc) is 3.29. The van der Waals surface area contributed by atoms with Crippen LogP contribution < -0.4 is 15.6 Å². The van der Waals surface area contributed by atoms with Crippen molar-refractivity contribution in [3.8, 4) is 5.75 Å². The van der Waals surface area contributed by atoms with Gasteiger partial charge in [-0.3, -0.25) is 4.79 Å². The number of hydrogen-bond acceptors (Lipinski definition) is 6. The first-order valence-electron chi connectivity index (χ1n) is 10.4. The van der Waals surface area contributed by atoms with Crippen molar-refractivity contribution in [3.63, 3.8) is 0 Å². The van der Waals surface area contributed by atoms with Crippen LogP contribution in [-0.2, 0) is 14.8 Å². The van der Waals surface area contributed by atoms with E-state index in [1.165, 1.54) is 4.31 Å². The van der Waals surface area contributed by atoms with Crippen molar-refractivity contribution in [3.05, 3.63) is 59.7 Å². The normalized spacial score (nSPS) is 22.5. The maximum Gasteiger partial charge on any atom is 0.243 e. The number of sulfonamides is 1. The van der Waals surface area contributed by atoms with Gasteiger partial charge < -0.3 is 9.64 Å². The van der Waals surface area contributed by atoms with Crippen LogP contribution in [0.25, 0.3) is 0 Å². The van der Waals surface area contributed by atoms with Crippen molar-refractivity contribution in [1.29, 1.82) is 0 Å². The van der Waals surface area contributed by atoms with Crippen LogP contribution in [0.5, 0.6) is 5.75 Å². The molecule has 166 valence electrons. The Balaban J connectivity index is 1.33. The summed E-state index contributed by atoms with van der Waals surface area (Å²) in [5, 5.41) is 0. The van der Waals surface area contributed by atoms with Crippen molar-refractivity contribution in [2.45, 2.75) is 30.3 Å². The number of benzene rings is 2. The number of nitrogens with zero attached hydrogens (tertiary/aromatic N) is 2. The third-order valence-electron chi connectivity index (χ3n) is 5.93. The Kier molecular flexibility index (Phi) is 6.29. The van der Waals surface area contributed by atoms with Crippen LogP contribution >= 0.6 is 0 Å². The molecule has 2 aromatic rings. The Morgan fingerprint density at radius 2 is 1.61 bits per heavy atom. The summed E-state index contributed by atoms with van der Waals surface area (Å²) in [4.78, 5) is 15.0. The smallest absolute Gasteiger partial charge is 0.243 e.